The van der Waals surface area contributed by atoms with Gasteiger partial charge in [-0.3, -0.25) is 19.9 Å². The molecule has 0 aromatic heterocycles. The van der Waals surface area contributed by atoms with Crippen LogP contribution in [0.5, 0.6) is 5.75 Å². The summed E-state index contributed by atoms with van der Waals surface area (Å²) in [5.74, 6) is -0.0801. The van der Waals surface area contributed by atoms with Gasteiger partial charge in [-0.15, -0.1) is 0 Å². The first-order valence-corrected chi connectivity index (χ1v) is 10.3. The van der Waals surface area contributed by atoms with Crippen molar-refractivity contribution < 1.29 is 18.7 Å². The molecule has 2 atom stereocenters. The molecule has 4 rings (SSSR count). The number of hydrogen-bond acceptors (Lipinski definition) is 4. The fourth-order valence-electron chi connectivity index (χ4n) is 3.73. The van der Waals surface area contributed by atoms with E-state index in [1.807, 2.05) is 30.3 Å². The Labute approximate surface area is 190 Å². The van der Waals surface area contributed by atoms with Gasteiger partial charge < -0.3 is 15.0 Å². The number of amides is 2. The molecular formula is C25H23FN4O3. The molecule has 0 aliphatic carbocycles. The zero-order valence-corrected chi connectivity index (χ0v) is 18.2. The maximum Gasteiger partial charge on any atom is 0.257 e. The summed E-state index contributed by atoms with van der Waals surface area (Å²) in [6, 6.07) is 20.7. The highest BCUT2D eigenvalue weighted by atomic mass is 19.1. The first-order valence-electron chi connectivity index (χ1n) is 10.3. The van der Waals surface area contributed by atoms with Crippen LogP contribution in [0.2, 0.25) is 0 Å². The lowest BCUT2D eigenvalue weighted by Gasteiger charge is -2.47. The van der Waals surface area contributed by atoms with Gasteiger partial charge in [-0.1, -0.05) is 30.3 Å². The number of hydrogen-bond donors (Lipinski definition) is 2. The van der Waals surface area contributed by atoms with E-state index in [9.17, 15) is 14.0 Å². The zero-order chi connectivity index (χ0) is 23.4. The van der Waals surface area contributed by atoms with Crippen LogP contribution in [0.4, 0.5) is 10.1 Å². The molecule has 0 saturated carbocycles. The molecule has 33 heavy (non-hydrogen) atoms. The average molecular weight is 446 g/mol. The molecule has 0 spiro atoms. The molecule has 1 fully saturated rings. The molecule has 1 saturated heterocycles. The summed E-state index contributed by atoms with van der Waals surface area (Å²) < 4.78 is 18.7. The molecule has 2 N–H and O–H groups in total. The number of guanidine groups is 1. The third kappa shape index (κ3) is 4.55. The van der Waals surface area contributed by atoms with Crippen LogP contribution in [0.1, 0.15) is 22.0 Å². The number of carbonyl (C=O) groups is 2. The minimum absolute atomic E-state index is 0.180. The van der Waals surface area contributed by atoms with Crippen molar-refractivity contribution in [1.29, 1.82) is 0 Å². The second kappa shape index (κ2) is 9.52. The quantitative estimate of drug-likeness (QED) is 0.358. The Kier molecular flexibility index (Phi) is 6.35. The number of rotatable bonds is 5. The summed E-state index contributed by atoms with van der Waals surface area (Å²) in [6.45, 7) is 0. The molecule has 1 aliphatic heterocycles. The lowest BCUT2D eigenvalue weighted by atomic mass is 9.87. The van der Waals surface area contributed by atoms with Crippen LogP contribution >= 0.6 is 0 Å². The monoisotopic (exact) mass is 446 g/mol. The van der Waals surface area contributed by atoms with Gasteiger partial charge in [-0.05, 0) is 54.1 Å². The van der Waals surface area contributed by atoms with Gasteiger partial charge in [0.25, 0.3) is 11.8 Å². The molecule has 8 heteroatoms. The zero-order valence-electron chi connectivity index (χ0n) is 18.2. The molecular weight excluding hydrogens is 423 g/mol. The molecule has 7 nitrogen and oxygen atoms in total. The fourth-order valence-corrected chi connectivity index (χ4v) is 3.73. The van der Waals surface area contributed by atoms with Gasteiger partial charge in [0.15, 0.2) is 5.96 Å². The lowest BCUT2D eigenvalue weighted by molar-refractivity contribution is -0.126. The van der Waals surface area contributed by atoms with E-state index in [2.05, 4.69) is 15.6 Å². The number of ether oxygens (including phenoxy) is 1. The van der Waals surface area contributed by atoms with E-state index < -0.39 is 12.1 Å². The summed E-state index contributed by atoms with van der Waals surface area (Å²) in [6.07, 6.45) is 0. The molecule has 1 heterocycles. The van der Waals surface area contributed by atoms with E-state index in [1.54, 1.807) is 48.4 Å². The Morgan fingerprint density at radius 2 is 1.67 bits per heavy atom. The molecule has 1 aliphatic rings. The summed E-state index contributed by atoms with van der Waals surface area (Å²) in [7, 11) is 3.10. The normalized spacial score (nSPS) is 17.8. The van der Waals surface area contributed by atoms with Crippen molar-refractivity contribution in [3.8, 4) is 5.75 Å². The number of benzene rings is 3. The van der Waals surface area contributed by atoms with Gasteiger partial charge in [0, 0.05) is 18.3 Å². The highest BCUT2D eigenvalue weighted by Crippen LogP contribution is 2.39. The van der Waals surface area contributed by atoms with Crippen molar-refractivity contribution in [3.63, 3.8) is 0 Å². The molecule has 2 amide bonds. The maximum absolute atomic E-state index is 13.4. The Morgan fingerprint density at radius 3 is 2.27 bits per heavy atom. The van der Waals surface area contributed by atoms with Crippen LogP contribution in [0.3, 0.4) is 0 Å². The Balaban J connectivity index is 1.59. The van der Waals surface area contributed by atoms with Crippen LogP contribution in [-0.4, -0.2) is 38.0 Å². The number of nitrogens with zero attached hydrogens (tertiary/aromatic N) is 2. The molecule has 0 radical (unpaired) electrons. The van der Waals surface area contributed by atoms with Gasteiger partial charge in [0.05, 0.1) is 13.2 Å². The third-order valence-corrected chi connectivity index (χ3v) is 5.44. The van der Waals surface area contributed by atoms with E-state index in [-0.39, 0.29) is 23.6 Å². The first-order chi connectivity index (χ1) is 16.0. The third-order valence-electron chi connectivity index (χ3n) is 5.44. The highest BCUT2D eigenvalue weighted by molar-refractivity contribution is 6.10. The van der Waals surface area contributed by atoms with Gasteiger partial charge in [0.1, 0.15) is 17.6 Å². The number of nitrogens with one attached hydrogen (secondary N) is 2. The van der Waals surface area contributed by atoms with Crippen molar-refractivity contribution in [1.82, 2.24) is 10.6 Å². The number of β-lactam (4-membered cyclic amide) rings is 1. The lowest BCUT2D eigenvalue weighted by Crippen LogP contribution is -2.67. The average Bonchev–Trinajstić information content (AvgIpc) is 2.86. The SMILES string of the molecule is CN=C(NC(=O)c1ccccc1)N[C@@H]1C(=O)N(c2ccc(F)cc2)[C@@H]1c1ccc(OC)cc1. The molecule has 168 valence electrons. The van der Waals surface area contributed by atoms with Gasteiger partial charge in [0.2, 0.25) is 0 Å². The van der Waals surface area contributed by atoms with Crippen LogP contribution < -0.4 is 20.3 Å². The molecule has 3 aromatic rings. The highest BCUT2D eigenvalue weighted by Gasteiger charge is 2.49. The Hall–Kier alpha value is -4.20. The maximum atomic E-state index is 13.4. The topological polar surface area (TPSA) is 83.0 Å². The first kappa shape index (κ1) is 22.0. The summed E-state index contributed by atoms with van der Waals surface area (Å²) >= 11 is 0. The van der Waals surface area contributed by atoms with Crippen LogP contribution in [0.25, 0.3) is 0 Å². The minimum atomic E-state index is -0.682. The predicted molar refractivity (Wildman–Crippen MR) is 124 cm³/mol. The number of carbonyl (C=O) groups excluding carboxylic acids is 2. The summed E-state index contributed by atoms with van der Waals surface area (Å²) in [4.78, 5) is 31.4. The Morgan fingerprint density at radius 1 is 1.00 bits per heavy atom. The van der Waals surface area contributed by atoms with Gasteiger partial charge >= 0.3 is 0 Å². The van der Waals surface area contributed by atoms with Crippen molar-refractivity contribution in [2.24, 2.45) is 4.99 Å². The van der Waals surface area contributed by atoms with E-state index >= 15 is 0 Å². The van der Waals surface area contributed by atoms with Crippen molar-refractivity contribution in [3.05, 3.63) is 95.8 Å². The standard InChI is InChI=1S/C25H23FN4O3/c1-27-25(29-23(31)17-6-4-3-5-7-17)28-21-22(16-8-14-20(33-2)15-9-16)30(24(21)32)19-12-10-18(26)11-13-19/h3-15,21-22H,1-2H3,(H2,27,28,29,31)/t21-,22+/m0/s1. The summed E-state index contributed by atoms with van der Waals surface area (Å²) in [5, 5.41) is 5.78. The minimum Gasteiger partial charge on any atom is -0.497 e. The van der Waals surface area contributed by atoms with Crippen molar-refractivity contribution in [2.45, 2.75) is 12.1 Å². The summed E-state index contributed by atoms with van der Waals surface area (Å²) in [5.41, 5.74) is 1.89. The second-order valence-electron chi connectivity index (χ2n) is 7.42. The predicted octanol–water partition coefficient (Wildman–Crippen LogP) is 3.30. The smallest absolute Gasteiger partial charge is 0.257 e. The van der Waals surface area contributed by atoms with E-state index in [0.29, 0.717) is 17.0 Å². The largest absolute Gasteiger partial charge is 0.497 e. The Bertz CT molecular complexity index is 1160. The van der Waals surface area contributed by atoms with Crippen molar-refractivity contribution >= 4 is 23.5 Å². The van der Waals surface area contributed by atoms with Gasteiger partial charge in [-0.2, -0.15) is 0 Å². The van der Waals surface area contributed by atoms with Crippen LogP contribution in [-0.2, 0) is 4.79 Å². The van der Waals surface area contributed by atoms with E-state index in [4.69, 9.17) is 4.74 Å². The number of aliphatic imine (C=N–C) groups is 1. The van der Waals surface area contributed by atoms with E-state index in [0.717, 1.165) is 5.56 Å². The molecule has 3 aromatic carbocycles. The fraction of sp³-hybridized carbons (Fsp3) is 0.160. The molecule has 0 bridgehead atoms. The van der Waals surface area contributed by atoms with Crippen molar-refractivity contribution in [2.75, 3.05) is 19.1 Å². The second-order valence-corrected chi connectivity index (χ2v) is 7.42. The van der Waals surface area contributed by atoms with Crippen LogP contribution in [0, 0.1) is 5.82 Å². The van der Waals surface area contributed by atoms with Gasteiger partial charge in [-0.25, -0.2) is 4.39 Å². The number of methoxy groups -OCH3 is 1. The number of anilines is 1. The van der Waals surface area contributed by atoms with Crippen LogP contribution in [0.15, 0.2) is 83.9 Å². The van der Waals surface area contributed by atoms with E-state index in [1.165, 1.54) is 19.2 Å². The number of halogens is 1. The molecule has 0 unspecified atom stereocenters.